The largest absolute Gasteiger partial charge is 0.349 e. The molecule has 2 aromatic heterocycles. The first-order valence-electron chi connectivity index (χ1n) is 7.72. The van der Waals surface area contributed by atoms with E-state index in [0.717, 1.165) is 25.3 Å². The van der Waals surface area contributed by atoms with Crippen LogP contribution in [0.15, 0.2) is 55.0 Å². The lowest BCUT2D eigenvalue weighted by Crippen LogP contribution is -2.54. The van der Waals surface area contributed by atoms with Crippen LogP contribution >= 0.6 is 0 Å². The van der Waals surface area contributed by atoms with Gasteiger partial charge in [0.15, 0.2) is 0 Å². The summed E-state index contributed by atoms with van der Waals surface area (Å²) in [6, 6.07) is 12.5. The van der Waals surface area contributed by atoms with E-state index < -0.39 is 0 Å². The van der Waals surface area contributed by atoms with Gasteiger partial charge in [0.25, 0.3) is 0 Å². The quantitative estimate of drug-likeness (QED) is 0.756. The van der Waals surface area contributed by atoms with E-state index in [1.807, 2.05) is 30.5 Å². The van der Waals surface area contributed by atoms with Crippen LogP contribution in [0.3, 0.4) is 0 Å². The number of benzene rings is 1. The van der Waals surface area contributed by atoms with Crippen LogP contribution in [0, 0.1) is 0 Å². The zero-order chi connectivity index (χ0) is 15.5. The van der Waals surface area contributed by atoms with Gasteiger partial charge in [-0.25, -0.2) is 9.97 Å². The highest BCUT2D eigenvalue weighted by Crippen LogP contribution is 2.24. The molecular weight excluding hydrogens is 288 g/mol. The van der Waals surface area contributed by atoms with E-state index in [1.165, 1.54) is 11.1 Å². The van der Waals surface area contributed by atoms with Crippen LogP contribution in [0.4, 0.5) is 5.95 Å². The molecule has 6 heteroatoms. The lowest BCUT2D eigenvalue weighted by molar-refractivity contribution is 0.153. The molecule has 0 radical (unpaired) electrons. The van der Waals surface area contributed by atoms with Gasteiger partial charge < -0.3 is 5.32 Å². The molecule has 1 aliphatic heterocycles. The summed E-state index contributed by atoms with van der Waals surface area (Å²) in [7, 11) is 0. The minimum atomic E-state index is 0.407. The molecule has 0 aliphatic carbocycles. The Bertz CT molecular complexity index is 749. The van der Waals surface area contributed by atoms with Gasteiger partial charge in [0.2, 0.25) is 5.95 Å². The van der Waals surface area contributed by atoms with Crippen molar-refractivity contribution in [2.24, 2.45) is 0 Å². The maximum Gasteiger partial charge on any atom is 0.222 e. The van der Waals surface area contributed by atoms with Crippen LogP contribution in [-0.4, -0.2) is 44.2 Å². The summed E-state index contributed by atoms with van der Waals surface area (Å²) in [5.41, 5.74) is 3.51. The van der Waals surface area contributed by atoms with Crippen LogP contribution in [-0.2, 0) is 6.54 Å². The molecule has 4 rings (SSSR count). The van der Waals surface area contributed by atoms with Gasteiger partial charge in [-0.3, -0.25) is 10.00 Å². The van der Waals surface area contributed by atoms with E-state index in [2.05, 4.69) is 42.5 Å². The molecule has 116 valence electrons. The van der Waals surface area contributed by atoms with Crippen LogP contribution < -0.4 is 5.32 Å². The molecule has 0 bridgehead atoms. The maximum atomic E-state index is 4.21. The third-order valence-electron chi connectivity index (χ3n) is 4.03. The smallest absolute Gasteiger partial charge is 0.222 e. The molecule has 0 spiro atoms. The number of hydrogen-bond donors (Lipinski definition) is 2. The summed E-state index contributed by atoms with van der Waals surface area (Å²) in [4.78, 5) is 10.8. The lowest BCUT2D eigenvalue weighted by atomic mass is 10.0. The Hall–Kier alpha value is -2.73. The topological polar surface area (TPSA) is 69.7 Å². The molecule has 3 heterocycles. The SMILES string of the molecule is c1ccc(-c2[nH]ncc2CN2CC(Nc3ncccn3)C2)cc1. The third-order valence-corrected chi connectivity index (χ3v) is 4.03. The Morgan fingerprint density at radius 3 is 2.65 bits per heavy atom. The molecule has 3 aromatic rings. The summed E-state index contributed by atoms with van der Waals surface area (Å²) in [5.74, 6) is 0.699. The molecule has 2 N–H and O–H groups in total. The Balaban J connectivity index is 1.36. The predicted octanol–water partition coefficient (Wildman–Crippen LogP) is 2.16. The van der Waals surface area contributed by atoms with Crippen molar-refractivity contribution < 1.29 is 0 Å². The number of anilines is 1. The predicted molar refractivity (Wildman–Crippen MR) is 88.7 cm³/mol. The molecule has 0 saturated carbocycles. The first-order chi connectivity index (χ1) is 11.4. The van der Waals surface area contributed by atoms with Crippen LogP contribution in [0.25, 0.3) is 11.3 Å². The second-order valence-corrected chi connectivity index (χ2v) is 5.74. The van der Waals surface area contributed by atoms with Crippen molar-refractivity contribution in [1.29, 1.82) is 0 Å². The Labute approximate surface area is 134 Å². The number of likely N-dealkylation sites (tertiary alicyclic amines) is 1. The summed E-state index contributed by atoms with van der Waals surface area (Å²) < 4.78 is 0. The summed E-state index contributed by atoms with van der Waals surface area (Å²) in [5, 5.41) is 10.7. The van der Waals surface area contributed by atoms with Gasteiger partial charge >= 0.3 is 0 Å². The molecule has 0 unspecified atom stereocenters. The molecular formula is C17H18N6. The summed E-state index contributed by atoms with van der Waals surface area (Å²) >= 11 is 0. The van der Waals surface area contributed by atoms with Gasteiger partial charge in [-0.05, 0) is 11.6 Å². The number of aromatic amines is 1. The van der Waals surface area contributed by atoms with Crippen LogP contribution in [0.5, 0.6) is 0 Å². The van der Waals surface area contributed by atoms with Crippen molar-refractivity contribution >= 4 is 5.95 Å². The van der Waals surface area contributed by atoms with E-state index in [1.54, 1.807) is 12.4 Å². The highest BCUT2D eigenvalue weighted by molar-refractivity contribution is 5.62. The number of nitrogens with zero attached hydrogens (tertiary/aromatic N) is 4. The molecule has 1 saturated heterocycles. The van der Waals surface area contributed by atoms with Gasteiger partial charge in [-0.15, -0.1) is 0 Å². The second-order valence-electron chi connectivity index (χ2n) is 5.74. The standard InChI is InChI=1S/C17H18N6/c1-2-5-13(6-3-1)16-14(9-20-22-16)10-23-11-15(12-23)21-17-18-7-4-8-19-17/h1-9,15H,10-12H2,(H,20,22)(H,18,19,21). The number of H-pyrrole nitrogens is 1. The van der Waals surface area contributed by atoms with Crippen LogP contribution in [0.1, 0.15) is 5.56 Å². The van der Waals surface area contributed by atoms with Crippen LogP contribution in [0.2, 0.25) is 0 Å². The first-order valence-corrected chi connectivity index (χ1v) is 7.72. The third kappa shape index (κ3) is 3.07. The van der Waals surface area contributed by atoms with Crippen molar-refractivity contribution in [3.63, 3.8) is 0 Å². The zero-order valence-electron chi connectivity index (χ0n) is 12.7. The van der Waals surface area contributed by atoms with E-state index in [-0.39, 0.29) is 0 Å². The minimum absolute atomic E-state index is 0.407. The highest BCUT2D eigenvalue weighted by atomic mass is 15.3. The molecule has 0 atom stereocenters. The fraction of sp³-hybridized carbons (Fsp3) is 0.235. The monoisotopic (exact) mass is 306 g/mol. The van der Waals surface area contributed by atoms with Gasteiger partial charge in [0.05, 0.1) is 17.9 Å². The van der Waals surface area contributed by atoms with E-state index >= 15 is 0 Å². The minimum Gasteiger partial charge on any atom is -0.349 e. The van der Waals surface area contributed by atoms with Gasteiger partial charge in [0.1, 0.15) is 0 Å². The first kappa shape index (κ1) is 13.9. The average molecular weight is 306 g/mol. The van der Waals surface area contributed by atoms with E-state index in [9.17, 15) is 0 Å². The van der Waals surface area contributed by atoms with Crippen molar-refractivity contribution in [3.8, 4) is 11.3 Å². The Kier molecular flexibility index (Phi) is 3.73. The second kappa shape index (κ2) is 6.18. The van der Waals surface area contributed by atoms with Crippen molar-refractivity contribution in [3.05, 3.63) is 60.6 Å². The number of hydrogen-bond acceptors (Lipinski definition) is 5. The molecule has 6 nitrogen and oxygen atoms in total. The summed E-state index contributed by atoms with van der Waals surface area (Å²) in [6.45, 7) is 2.86. The molecule has 1 fully saturated rings. The fourth-order valence-corrected chi connectivity index (χ4v) is 2.87. The number of rotatable bonds is 5. The molecule has 1 aromatic carbocycles. The highest BCUT2D eigenvalue weighted by Gasteiger charge is 2.27. The van der Waals surface area contributed by atoms with Crippen molar-refractivity contribution in [2.75, 3.05) is 18.4 Å². The zero-order valence-corrected chi connectivity index (χ0v) is 12.7. The summed E-state index contributed by atoms with van der Waals surface area (Å²) in [6.07, 6.45) is 5.43. The Morgan fingerprint density at radius 2 is 1.87 bits per heavy atom. The normalized spacial score (nSPS) is 15.3. The number of nitrogens with one attached hydrogen (secondary N) is 2. The Morgan fingerprint density at radius 1 is 1.09 bits per heavy atom. The average Bonchev–Trinajstić information content (AvgIpc) is 3.03. The molecule has 23 heavy (non-hydrogen) atoms. The van der Waals surface area contributed by atoms with E-state index in [4.69, 9.17) is 0 Å². The molecule has 1 aliphatic rings. The molecule has 0 amide bonds. The van der Waals surface area contributed by atoms with Gasteiger partial charge in [0, 0.05) is 37.6 Å². The van der Waals surface area contributed by atoms with E-state index in [0.29, 0.717) is 12.0 Å². The van der Waals surface area contributed by atoms with Crippen molar-refractivity contribution in [1.82, 2.24) is 25.1 Å². The van der Waals surface area contributed by atoms with Crippen molar-refractivity contribution in [2.45, 2.75) is 12.6 Å². The van der Waals surface area contributed by atoms with Gasteiger partial charge in [-0.2, -0.15) is 5.10 Å². The lowest BCUT2D eigenvalue weighted by Gasteiger charge is -2.39. The van der Waals surface area contributed by atoms with Gasteiger partial charge in [-0.1, -0.05) is 30.3 Å². The maximum absolute atomic E-state index is 4.21. The fourth-order valence-electron chi connectivity index (χ4n) is 2.87. The number of aromatic nitrogens is 4.